The van der Waals surface area contributed by atoms with Crippen LogP contribution in [0, 0.1) is 0 Å². The van der Waals surface area contributed by atoms with E-state index >= 15 is 0 Å². The van der Waals surface area contributed by atoms with E-state index in [0.717, 1.165) is 5.39 Å². The highest BCUT2D eigenvalue weighted by molar-refractivity contribution is 5.97. The number of aromatic nitrogens is 1. The van der Waals surface area contributed by atoms with Gasteiger partial charge in [-0.15, -0.1) is 0 Å². The third-order valence-corrected chi connectivity index (χ3v) is 3.60. The second kappa shape index (κ2) is 6.88. The molecule has 0 spiro atoms. The largest absolute Gasteiger partial charge is 0.507 e. The van der Waals surface area contributed by atoms with E-state index in [1.165, 1.54) is 18.3 Å². The van der Waals surface area contributed by atoms with Gasteiger partial charge in [0.2, 0.25) is 0 Å². The summed E-state index contributed by atoms with van der Waals surface area (Å²) in [5.74, 6) is -0.0801. The Kier molecular flexibility index (Phi) is 4.47. The lowest BCUT2D eigenvalue weighted by atomic mass is 10.1. The molecule has 0 saturated heterocycles. The van der Waals surface area contributed by atoms with Crippen LogP contribution in [-0.4, -0.2) is 29.3 Å². The van der Waals surface area contributed by atoms with Crippen molar-refractivity contribution >= 4 is 23.0 Å². The maximum absolute atomic E-state index is 12.1. The van der Waals surface area contributed by atoms with Crippen molar-refractivity contribution in [2.75, 3.05) is 7.11 Å². The average Bonchev–Trinajstić information content (AvgIpc) is 2.62. The molecule has 2 aromatic carbocycles. The number of carbonyl (C=O) groups excluding carboxylic acids is 1. The summed E-state index contributed by atoms with van der Waals surface area (Å²) in [4.78, 5) is 26.8. The molecular weight excluding hydrogens is 322 g/mol. The molecule has 0 unspecified atom stereocenters. The first-order valence-electron chi connectivity index (χ1n) is 7.41. The van der Waals surface area contributed by atoms with E-state index in [2.05, 4.69) is 15.5 Å². The number of ether oxygens (including phenoxy) is 1. The Balaban J connectivity index is 1.81. The number of benzene rings is 2. The van der Waals surface area contributed by atoms with Gasteiger partial charge in [0.05, 0.1) is 30.0 Å². The number of methoxy groups -OCH3 is 1. The SMILES string of the molecule is COc1ccc2cc(/C=N/NC(=O)c3ccccc3O)c(=O)[nH]c2c1. The molecule has 7 nitrogen and oxygen atoms in total. The molecular formula is C18H15N3O4. The number of phenolic OH excluding ortho intramolecular Hbond substituents is 1. The highest BCUT2D eigenvalue weighted by atomic mass is 16.5. The van der Waals surface area contributed by atoms with Gasteiger partial charge in [0.1, 0.15) is 11.5 Å². The van der Waals surface area contributed by atoms with Gasteiger partial charge in [-0.1, -0.05) is 12.1 Å². The van der Waals surface area contributed by atoms with E-state index in [1.807, 2.05) is 6.07 Å². The van der Waals surface area contributed by atoms with Crippen molar-refractivity contribution in [3.05, 3.63) is 70.0 Å². The standard InChI is InChI=1S/C18H15N3O4/c1-25-13-7-6-11-8-12(17(23)20-15(11)9-13)10-19-21-18(24)14-4-2-3-5-16(14)22/h2-10,22H,1H3,(H,20,23)(H,21,24)/b19-10+. The molecule has 0 aliphatic carbocycles. The summed E-state index contributed by atoms with van der Waals surface area (Å²) in [6, 6.07) is 13.1. The van der Waals surface area contributed by atoms with Crippen LogP contribution in [0.5, 0.6) is 11.5 Å². The monoisotopic (exact) mass is 337 g/mol. The maximum atomic E-state index is 12.1. The van der Waals surface area contributed by atoms with Gasteiger partial charge >= 0.3 is 0 Å². The number of rotatable bonds is 4. The van der Waals surface area contributed by atoms with E-state index in [4.69, 9.17) is 4.74 Å². The molecule has 1 amide bonds. The third kappa shape index (κ3) is 3.50. The number of hydrogen-bond acceptors (Lipinski definition) is 5. The number of nitrogens with zero attached hydrogens (tertiary/aromatic N) is 1. The van der Waals surface area contributed by atoms with Crippen molar-refractivity contribution < 1.29 is 14.6 Å². The van der Waals surface area contributed by atoms with Crippen molar-refractivity contribution in [3.63, 3.8) is 0 Å². The van der Waals surface area contributed by atoms with Crippen LogP contribution in [0.2, 0.25) is 0 Å². The number of pyridine rings is 1. The minimum Gasteiger partial charge on any atom is -0.507 e. The summed E-state index contributed by atoms with van der Waals surface area (Å²) in [7, 11) is 1.55. The number of nitrogens with one attached hydrogen (secondary N) is 2. The van der Waals surface area contributed by atoms with Crippen LogP contribution in [0.1, 0.15) is 15.9 Å². The van der Waals surface area contributed by atoms with E-state index in [1.54, 1.807) is 37.4 Å². The number of aromatic hydroxyl groups is 1. The second-order valence-electron chi connectivity index (χ2n) is 5.22. The minimum atomic E-state index is -0.573. The van der Waals surface area contributed by atoms with Crippen LogP contribution in [-0.2, 0) is 0 Å². The topological polar surface area (TPSA) is 104 Å². The molecule has 3 rings (SSSR count). The predicted octanol–water partition coefficient (Wildman–Crippen LogP) is 2.01. The molecule has 0 aliphatic heterocycles. The zero-order valence-corrected chi connectivity index (χ0v) is 13.3. The Morgan fingerprint density at radius 2 is 2.04 bits per heavy atom. The number of hydrazone groups is 1. The lowest BCUT2D eigenvalue weighted by molar-refractivity contribution is 0.0952. The van der Waals surface area contributed by atoms with Crippen LogP contribution < -0.4 is 15.7 Å². The zero-order valence-electron chi connectivity index (χ0n) is 13.3. The van der Waals surface area contributed by atoms with Crippen molar-refractivity contribution in [2.45, 2.75) is 0 Å². The summed E-state index contributed by atoms with van der Waals surface area (Å²) in [6.45, 7) is 0. The predicted molar refractivity (Wildman–Crippen MR) is 94.3 cm³/mol. The zero-order chi connectivity index (χ0) is 17.8. The quantitative estimate of drug-likeness (QED) is 0.500. The summed E-state index contributed by atoms with van der Waals surface area (Å²) >= 11 is 0. The van der Waals surface area contributed by atoms with Crippen LogP contribution in [0.25, 0.3) is 10.9 Å². The summed E-state index contributed by atoms with van der Waals surface area (Å²) in [5, 5.41) is 14.2. The maximum Gasteiger partial charge on any atom is 0.275 e. The Morgan fingerprint density at radius 3 is 2.80 bits per heavy atom. The molecule has 1 heterocycles. The Morgan fingerprint density at radius 1 is 1.24 bits per heavy atom. The molecule has 0 saturated carbocycles. The lowest BCUT2D eigenvalue weighted by Gasteiger charge is -2.04. The third-order valence-electron chi connectivity index (χ3n) is 3.60. The molecule has 0 bridgehead atoms. The normalized spacial score (nSPS) is 10.9. The van der Waals surface area contributed by atoms with E-state index < -0.39 is 5.91 Å². The minimum absolute atomic E-state index is 0.0964. The fraction of sp³-hybridized carbons (Fsp3) is 0.0556. The molecule has 25 heavy (non-hydrogen) atoms. The number of para-hydroxylation sites is 1. The van der Waals surface area contributed by atoms with Crippen LogP contribution in [0.3, 0.4) is 0 Å². The van der Waals surface area contributed by atoms with Gasteiger partial charge in [0.15, 0.2) is 0 Å². The van der Waals surface area contributed by atoms with Gasteiger partial charge in [-0.3, -0.25) is 9.59 Å². The fourth-order valence-corrected chi connectivity index (χ4v) is 2.31. The highest BCUT2D eigenvalue weighted by Crippen LogP contribution is 2.18. The number of hydrogen-bond donors (Lipinski definition) is 3. The van der Waals surface area contributed by atoms with Gasteiger partial charge in [-0.05, 0) is 35.7 Å². The first kappa shape index (κ1) is 16.3. The van der Waals surface area contributed by atoms with Gasteiger partial charge in [-0.25, -0.2) is 5.43 Å². The van der Waals surface area contributed by atoms with Crippen molar-refractivity contribution in [1.82, 2.24) is 10.4 Å². The molecule has 3 N–H and O–H groups in total. The van der Waals surface area contributed by atoms with Gasteiger partial charge < -0.3 is 14.8 Å². The Hall–Kier alpha value is -3.61. The first-order valence-corrected chi connectivity index (χ1v) is 7.41. The number of phenols is 1. The van der Waals surface area contributed by atoms with Crippen LogP contribution >= 0.6 is 0 Å². The van der Waals surface area contributed by atoms with Gasteiger partial charge in [0.25, 0.3) is 11.5 Å². The smallest absolute Gasteiger partial charge is 0.275 e. The first-order chi connectivity index (χ1) is 12.1. The van der Waals surface area contributed by atoms with E-state index in [-0.39, 0.29) is 22.4 Å². The van der Waals surface area contributed by atoms with E-state index in [0.29, 0.717) is 11.3 Å². The number of fused-ring (bicyclic) bond motifs is 1. The molecule has 0 fully saturated rings. The molecule has 0 aliphatic rings. The molecule has 0 radical (unpaired) electrons. The van der Waals surface area contributed by atoms with Gasteiger partial charge in [-0.2, -0.15) is 5.10 Å². The Bertz CT molecular complexity index is 1020. The summed E-state index contributed by atoms with van der Waals surface area (Å²) in [6.07, 6.45) is 1.25. The molecule has 126 valence electrons. The second-order valence-corrected chi connectivity index (χ2v) is 5.22. The van der Waals surface area contributed by atoms with E-state index in [9.17, 15) is 14.7 Å². The summed E-state index contributed by atoms with van der Waals surface area (Å²) < 4.78 is 5.12. The highest BCUT2D eigenvalue weighted by Gasteiger charge is 2.09. The number of H-pyrrole nitrogens is 1. The molecule has 0 atom stereocenters. The number of aromatic amines is 1. The number of carbonyl (C=O) groups is 1. The number of amides is 1. The fourth-order valence-electron chi connectivity index (χ4n) is 2.31. The summed E-state index contributed by atoms with van der Waals surface area (Å²) in [5.41, 5.74) is 2.96. The van der Waals surface area contributed by atoms with Crippen molar-refractivity contribution in [3.8, 4) is 11.5 Å². The van der Waals surface area contributed by atoms with Crippen molar-refractivity contribution in [2.24, 2.45) is 5.10 Å². The lowest BCUT2D eigenvalue weighted by Crippen LogP contribution is -2.19. The molecule has 1 aromatic heterocycles. The average molecular weight is 337 g/mol. The van der Waals surface area contributed by atoms with Gasteiger partial charge in [0, 0.05) is 6.07 Å². The molecule has 7 heteroatoms. The Labute approximate surface area is 142 Å². The van der Waals surface area contributed by atoms with Crippen LogP contribution in [0.4, 0.5) is 0 Å². The molecule has 3 aromatic rings. The van der Waals surface area contributed by atoms with Crippen LogP contribution in [0.15, 0.2) is 58.4 Å². The van der Waals surface area contributed by atoms with Crippen molar-refractivity contribution in [1.29, 1.82) is 0 Å².